The van der Waals surface area contributed by atoms with Gasteiger partial charge >= 0.3 is 5.97 Å². The van der Waals surface area contributed by atoms with Crippen molar-refractivity contribution in [1.29, 1.82) is 0 Å². The number of carbonyl (C=O) groups excluding carboxylic acids is 1. The van der Waals surface area contributed by atoms with Gasteiger partial charge in [-0.05, 0) is 80.6 Å². The van der Waals surface area contributed by atoms with Gasteiger partial charge in [0.1, 0.15) is 17.7 Å². The third kappa shape index (κ3) is 7.53. The number of nitrogens with zero attached hydrogens (tertiary/aromatic N) is 1. The van der Waals surface area contributed by atoms with Gasteiger partial charge in [0.25, 0.3) is 0 Å². The van der Waals surface area contributed by atoms with E-state index in [0.29, 0.717) is 19.1 Å². The Kier molecular flexibility index (Phi) is 9.38. The van der Waals surface area contributed by atoms with Crippen molar-refractivity contribution in [2.24, 2.45) is 5.92 Å². The van der Waals surface area contributed by atoms with Gasteiger partial charge in [-0.1, -0.05) is 30.3 Å². The van der Waals surface area contributed by atoms with Crippen LogP contribution >= 0.6 is 0 Å². The number of ether oxygens (including phenoxy) is 2. The molecule has 0 aliphatic carbocycles. The molecule has 1 aliphatic heterocycles. The number of rotatable bonds is 10. The maximum Gasteiger partial charge on any atom is 0.330 e. The van der Waals surface area contributed by atoms with Crippen LogP contribution in [0.3, 0.4) is 0 Å². The monoisotopic (exact) mass is 443 g/mol. The summed E-state index contributed by atoms with van der Waals surface area (Å²) in [5.41, 5.74) is 1.68. The number of piperidine rings is 1. The van der Waals surface area contributed by atoms with E-state index in [1.165, 1.54) is 30.3 Å². The molecular formula is C26H31F2NO3. The lowest BCUT2D eigenvalue weighted by molar-refractivity contribution is -0.137. The van der Waals surface area contributed by atoms with E-state index in [-0.39, 0.29) is 23.7 Å². The number of benzene rings is 2. The van der Waals surface area contributed by atoms with Crippen molar-refractivity contribution in [3.8, 4) is 0 Å². The van der Waals surface area contributed by atoms with E-state index in [0.717, 1.165) is 50.0 Å². The molecule has 0 N–H and O–H groups in total. The van der Waals surface area contributed by atoms with Crippen LogP contribution in [0.15, 0.2) is 60.7 Å². The molecule has 32 heavy (non-hydrogen) atoms. The van der Waals surface area contributed by atoms with E-state index in [4.69, 9.17) is 9.47 Å². The summed E-state index contributed by atoms with van der Waals surface area (Å²) in [5, 5.41) is 0. The summed E-state index contributed by atoms with van der Waals surface area (Å²) in [6.45, 7) is 5.48. The smallest absolute Gasteiger partial charge is 0.330 e. The van der Waals surface area contributed by atoms with Crippen molar-refractivity contribution in [3.63, 3.8) is 0 Å². The fourth-order valence-electron chi connectivity index (χ4n) is 3.95. The van der Waals surface area contributed by atoms with Crippen LogP contribution in [-0.4, -0.2) is 43.7 Å². The predicted octanol–water partition coefficient (Wildman–Crippen LogP) is 5.29. The molecule has 3 rings (SSSR count). The molecule has 0 saturated carbocycles. The second-order valence-electron chi connectivity index (χ2n) is 8.03. The molecular weight excluding hydrogens is 412 g/mol. The molecule has 1 saturated heterocycles. The number of likely N-dealkylation sites (tertiary alicyclic amines) is 1. The maximum atomic E-state index is 13.4. The Morgan fingerprint density at radius 1 is 1.03 bits per heavy atom. The summed E-state index contributed by atoms with van der Waals surface area (Å²) < 4.78 is 37.8. The normalized spacial score (nSPS) is 15.5. The van der Waals surface area contributed by atoms with Gasteiger partial charge in [-0.2, -0.15) is 0 Å². The minimum atomic E-state index is -0.373. The third-order valence-corrected chi connectivity index (χ3v) is 5.75. The van der Waals surface area contributed by atoms with Crippen molar-refractivity contribution >= 4 is 5.97 Å². The van der Waals surface area contributed by atoms with Crippen molar-refractivity contribution in [2.45, 2.75) is 32.3 Å². The fourth-order valence-corrected chi connectivity index (χ4v) is 3.95. The molecule has 1 fully saturated rings. The van der Waals surface area contributed by atoms with Crippen molar-refractivity contribution in [1.82, 2.24) is 4.90 Å². The number of esters is 1. The van der Waals surface area contributed by atoms with Gasteiger partial charge in [-0.3, -0.25) is 0 Å². The number of hydrogen-bond donors (Lipinski definition) is 0. The largest absolute Gasteiger partial charge is 0.463 e. The van der Waals surface area contributed by atoms with Gasteiger partial charge in [-0.15, -0.1) is 0 Å². The first-order chi connectivity index (χ1) is 15.5. The molecule has 0 aromatic heterocycles. The zero-order valence-electron chi connectivity index (χ0n) is 18.5. The molecule has 1 aliphatic rings. The molecule has 6 heteroatoms. The van der Waals surface area contributed by atoms with Gasteiger partial charge in [-0.25, -0.2) is 13.6 Å². The quantitative estimate of drug-likeness (QED) is 0.369. The minimum absolute atomic E-state index is 0.279. The SMILES string of the molecule is CCOC(=O)/C=C/CC1CCN(CCOC(c2ccc(F)cc2)c2ccc(F)cc2)CC1. The Balaban J connectivity index is 1.47. The summed E-state index contributed by atoms with van der Waals surface area (Å²) in [4.78, 5) is 13.8. The number of carbonyl (C=O) groups is 1. The summed E-state index contributed by atoms with van der Waals surface area (Å²) in [6, 6.07) is 12.5. The maximum absolute atomic E-state index is 13.4. The van der Waals surface area contributed by atoms with E-state index in [9.17, 15) is 13.6 Å². The molecule has 4 nitrogen and oxygen atoms in total. The van der Waals surface area contributed by atoms with Crippen molar-refractivity contribution in [3.05, 3.63) is 83.4 Å². The highest BCUT2D eigenvalue weighted by molar-refractivity contribution is 5.81. The van der Waals surface area contributed by atoms with E-state index in [1.54, 1.807) is 31.2 Å². The Bertz CT molecular complexity index is 814. The van der Waals surface area contributed by atoms with Crippen molar-refractivity contribution in [2.75, 3.05) is 32.8 Å². The van der Waals surface area contributed by atoms with Gasteiger partial charge in [0.15, 0.2) is 0 Å². The van der Waals surface area contributed by atoms with Crippen LogP contribution in [0, 0.1) is 17.6 Å². The highest BCUT2D eigenvalue weighted by Crippen LogP contribution is 2.27. The molecule has 1 heterocycles. The number of halogens is 2. The Morgan fingerprint density at radius 2 is 1.59 bits per heavy atom. The Hall–Kier alpha value is -2.57. The van der Waals surface area contributed by atoms with E-state index >= 15 is 0 Å². The molecule has 0 unspecified atom stereocenters. The average Bonchev–Trinajstić information content (AvgIpc) is 2.79. The van der Waals surface area contributed by atoms with E-state index in [2.05, 4.69) is 4.90 Å². The van der Waals surface area contributed by atoms with Crippen LogP contribution in [0.2, 0.25) is 0 Å². The van der Waals surface area contributed by atoms with E-state index in [1.807, 2.05) is 6.08 Å². The second kappa shape index (κ2) is 12.5. The lowest BCUT2D eigenvalue weighted by Crippen LogP contribution is -2.36. The van der Waals surface area contributed by atoms with Crippen LogP contribution in [0.5, 0.6) is 0 Å². The highest BCUT2D eigenvalue weighted by Gasteiger charge is 2.20. The minimum Gasteiger partial charge on any atom is -0.463 e. The van der Waals surface area contributed by atoms with Crippen molar-refractivity contribution < 1.29 is 23.0 Å². The standard InChI is InChI=1S/C26H31F2NO3/c1-2-31-25(30)5-3-4-20-14-16-29(17-15-20)18-19-32-26(21-6-10-23(27)11-7-21)22-8-12-24(28)13-9-22/h3,5-13,20,26H,2,4,14-19H2,1H3/b5-3+. The number of allylic oxidation sites excluding steroid dienone is 1. The van der Waals surface area contributed by atoms with Gasteiger partial charge in [0.2, 0.25) is 0 Å². The molecule has 0 bridgehead atoms. The first-order valence-corrected chi connectivity index (χ1v) is 11.2. The zero-order chi connectivity index (χ0) is 22.8. The predicted molar refractivity (Wildman–Crippen MR) is 120 cm³/mol. The highest BCUT2D eigenvalue weighted by atomic mass is 19.1. The molecule has 0 atom stereocenters. The number of hydrogen-bond acceptors (Lipinski definition) is 4. The van der Waals surface area contributed by atoms with Crippen LogP contribution in [-0.2, 0) is 14.3 Å². The topological polar surface area (TPSA) is 38.8 Å². The van der Waals surface area contributed by atoms with Gasteiger partial charge in [0, 0.05) is 12.6 Å². The lowest BCUT2D eigenvalue weighted by atomic mass is 9.93. The third-order valence-electron chi connectivity index (χ3n) is 5.75. The second-order valence-corrected chi connectivity index (χ2v) is 8.03. The average molecular weight is 444 g/mol. The molecule has 0 amide bonds. The van der Waals surface area contributed by atoms with Crippen LogP contribution in [0.4, 0.5) is 8.78 Å². The van der Waals surface area contributed by atoms with Gasteiger partial charge < -0.3 is 14.4 Å². The first kappa shape index (κ1) is 24.1. The summed E-state index contributed by atoms with van der Waals surface area (Å²) >= 11 is 0. The zero-order valence-corrected chi connectivity index (χ0v) is 18.5. The lowest BCUT2D eigenvalue weighted by Gasteiger charge is -2.32. The molecule has 2 aromatic rings. The summed E-state index contributed by atoms with van der Waals surface area (Å²) in [6.07, 6.45) is 6.10. The summed E-state index contributed by atoms with van der Waals surface area (Å²) in [5.74, 6) is -0.305. The summed E-state index contributed by atoms with van der Waals surface area (Å²) in [7, 11) is 0. The molecule has 172 valence electrons. The molecule has 0 spiro atoms. The first-order valence-electron chi connectivity index (χ1n) is 11.2. The Morgan fingerprint density at radius 3 is 2.12 bits per heavy atom. The van der Waals surface area contributed by atoms with Crippen LogP contribution in [0.1, 0.15) is 43.4 Å². The van der Waals surface area contributed by atoms with Crippen LogP contribution < -0.4 is 0 Å². The van der Waals surface area contributed by atoms with Gasteiger partial charge in [0.05, 0.1) is 13.2 Å². The molecule has 2 aromatic carbocycles. The Labute approximate surface area is 188 Å². The van der Waals surface area contributed by atoms with E-state index < -0.39 is 0 Å². The molecule has 0 radical (unpaired) electrons. The fraction of sp³-hybridized carbons (Fsp3) is 0.423. The van der Waals surface area contributed by atoms with Crippen LogP contribution in [0.25, 0.3) is 0 Å².